The average Bonchev–Trinajstić information content (AvgIpc) is 2.33. The van der Waals surface area contributed by atoms with Crippen LogP contribution in [0.3, 0.4) is 0 Å². The Morgan fingerprint density at radius 1 is 1.47 bits per heavy atom. The van der Waals surface area contributed by atoms with Crippen LogP contribution < -0.4 is 10.6 Å². The second-order valence-electron chi connectivity index (χ2n) is 4.87. The van der Waals surface area contributed by atoms with Crippen molar-refractivity contribution in [1.29, 1.82) is 0 Å². The van der Waals surface area contributed by atoms with E-state index in [9.17, 15) is 9.59 Å². The Labute approximate surface area is 101 Å². The SMILES string of the molecule is CC1(C)C(=O)NCCN1C(=O)C1CNCCO1. The summed E-state index contributed by atoms with van der Waals surface area (Å²) in [7, 11) is 0. The second-order valence-corrected chi connectivity index (χ2v) is 4.87. The van der Waals surface area contributed by atoms with Crippen LogP contribution in [0.25, 0.3) is 0 Å². The van der Waals surface area contributed by atoms with E-state index in [-0.39, 0.29) is 11.8 Å². The van der Waals surface area contributed by atoms with Gasteiger partial charge in [0.25, 0.3) is 5.91 Å². The highest BCUT2D eigenvalue weighted by Gasteiger charge is 2.42. The number of carbonyl (C=O) groups is 2. The lowest BCUT2D eigenvalue weighted by Gasteiger charge is -2.43. The molecule has 2 aliphatic heterocycles. The molecule has 0 aliphatic carbocycles. The van der Waals surface area contributed by atoms with E-state index < -0.39 is 11.6 Å². The van der Waals surface area contributed by atoms with Crippen molar-refractivity contribution in [2.45, 2.75) is 25.5 Å². The number of nitrogens with zero attached hydrogens (tertiary/aromatic N) is 1. The van der Waals surface area contributed by atoms with Gasteiger partial charge in [-0.25, -0.2) is 0 Å². The fourth-order valence-electron chi connectivity index (χ4n) is 2.18. The molecule has 0 saturated carbocycles. The lowest BCUT2D eigenvalue weighted by atomic mass is 9.98. The van der Waals surface area contributed by atoms with Crippen molar-refractivity contribution in [3.63, 3.8) is 0 Å². The molecule has 0 spiro atoms. The number of hydrogen-bond donors (Lipinski definition) is 2. The Morgan fingerprint density at radius 3 is 2.88 bits per heavy atom. The molecule has 17 heavy (non-hydrogen) atoms. The molecule has 2 N–H and O–H groups in total. The zero-order valence-corrected chi connectivity index (χ0v) is 10.3. The summed E-state index contributed by atoms with van der Waals surface area (Å²) >= 11 is 0. The van der Waals surface area contributed by atoms with E-state index in [1.807, 2.05) is 0 Å². The van der Waals surface area contributed by atoms with Gasteiger partial charge in [0.1, 0.15) is 11.6 Å². The van der Waals surface area contributed by atoms with Crippen LogP contribution in [0.2, 0.25) is 0 Å². The Kier molecular flexibility index (Phi) is 3.35. The maximum Gasteiger partial charge on any atom is 0.253 e. The van der Waals surface area contributed by atoms with Crippen LogP contribution in [-0.4, -0.2) is 61.1 Å². The lowest BCUT2D eigenvalue weighted by molar-refractivity contribution is -0.158. The van der Waals surface area contributed by atoms with Crippen molar-refractivity contribution < 1.29 is 14.3 Å². The minimum absolute atomic E-state index is 0.1000. The van der Waals surface area contributed by atoms with Gasteiger partial charge in [0, 0.05) is 26.2 Å². The van der Waals surface area contributed by atoms with Crippen molar-refractivity contribution in [2.75, 3.05) is 32.8 Å². The molecule has 2 rings (SSSR count). The number of nitrogens with one attached hydrogen (secondary N) is 2. The quantitative estimate of drug-likeness (QED) is 0.599. The summed E-state index contributed by atoms with van der Waals surface area (Å²) in [6, 6.07) is 0. The van der Waals surface area contributed by atoms with E-state index in [1.54, 1.807) is 18.7 Å². The summed E-state index contributed by atoms with van der Waals surface area (Å²) in [4.78, 5) is 25.7. The van der Waals surface area contributed by atoms with Gasteiger partial charge in [0.15, 0.2) is 0 Å². The Balaban J connectivity index is 2.09. The standard InChI is InChI=1S/C11H19N3O3/c1-11(2)10(16)13-3-5-14(11)9(15)8-7-12-4-6-17-8/h8,12H,3-7H2,1-2H3,(H,13,16). The molecule has 2 saturated heterocycles. The van der Waals surface area contributed by atoms with Gasteiger partial charge in [-0.2, -0.15) is 0 Å². The number of piperazine rings is 1. The third kappa shape index (κ3) is 2.28. The number of ether oxygens (including phenoxy) is 1. The highest BCUT2D eigenvalue weighted by Crippen LogP contribution is 2.19. The van der Waals surface area contributed by atoms with E-state index in [2.05, 4.69) is 10.6 Å². The topological polar surface area (TPSA) is 70.7 Å². The van der Waals surface area contributed by atoms with Crippen LogP contribution >= 0.6 is 0 Å². The van der Waals surface area contributed by atoms with Gasteiger partial charge in [-0.15, -0.1) is 0 Å². The minimum atomic E-state index is -0.795. The Morgan fingerprint density at radius 2 is 2.24 bits per heavy atom. The molecular weight excluding hydrogens is 222 g/mol. The van der Waals surface area contributed by atoms with Crippen molar-refractivity contribution in [1.82, 2.24) is 15.5 Å². The predicted octanol–water partition coefficient (Wildman–Crippen LogP) is -1.29. The van der Waals surface area contributed by atoms with E-state index in [0.29, 0.717) is 26.2 Å². The fourth-order valence-corrected chi connectivity index (χ4v) is 2.18. The van der Waals surface area contributed by atoms with E-state index in [1.165, 1.54) is 0 Å². The van der Waals surface area contributed by atoms with Gasteiger partial charge in [0.2, 0.25) is 5.91 Å². The van der Waals surface area contributed by atoms with Crippen molar-refractivity contribution >= 4 is 11.8 Å². The van der Waals surface area contributed by atoms with Gasteiger partial charge in [-0.05, 0) is 13.8 Å². The van der Waals surface area contributed by atoms with Gasteiger partial charge in [0.05, 0.1) is 6.61 Å². The van der Waals surface area contributed by atoms with E-state index in [4.69, 9.17) is 4.74 Å². The molecule has 0 aromatic carbocycles. The highest BCUT2D eigenvalue weighted by atomic mass is 16.5. The van der Waals surface area contributed by atoms with E-state index in [0.717, 1.165) is 6.54 Å². The summed E-state index contributed by atoms with van der Waals surface area (Å²) in [6.45, 7) is 6.40. The normalized spacial score (nSPS) is 28.7. The van der Waals surface area contributed by atoms with Crippen LogP contribution in [0.15, 0.2) is 0 Å². The molecule has 6 nitrogen and oxygen atoms in total. The zero-order valence-electron chi connectivity index (χ0n) is 10.3. The van der Waals surface area contributed by atoms with Crippen LogP contribution in [0.4, 0.5) is 0 Å². The monoisotopic (exact) mass is 241 g/mol. The van der Waals surface area contributed by atoms with Crippen molar-refractivity contribution in [2.24, 2.45) is 0 Å². The molecule has 2 aliphatic rings. The molecule has 0 aromatic rings. The molecule has 1 unspecified atom stereocenters. The van der Waals surface area contributed by atoms with E-state index >= 15 is 0 Å². The second kappa shape index (κ2) is 4.62. The fraction of sp³-hybridized carbons (Fsp3) is 0.818. The predicted molar refractivity (Wildman–Crippen MR) is 61.4 cm³/mol. The molecule has 96 valence electrons. The van der Waals surface area contributed by atoms with Gasteiger partial charge in [-0.3, -0.25) is 9.59 Å². The summed E-state index contributed by atoms with van der Waals surface area (Å²) in [5.41, 5.74) is -0.795. The molecule has 6 heteroatoms. The van der Waals surface area contributed by atoms with Crippen LogP contribution in [0.1, 0.15) is 13.8 Å². The maximum atomic E-state index is 12.3. The number of morpholine rings is 1. The third-order valence-corrected chi connectivity index (χ3v) is 3.32. The minimum Gasteiger partial charge on any atom is -0.366 e. The summed E-state index contributed by atoms with van der Waals surface area (Å²) in [5, 5.41) is 5.89. The first-order valence-electron chi connectivity index (χ1n) is 5.95. The highest BCUT2D eigenvalue weighted by molar-refractivity contribution is 5.93. The molecular formula is C11H19N3O3. The molecule has 2 amide bonds. The van der Waals surface area contributed by atoms with Crippen molar-refractivity contribution in [3.8, 4) is 0 Å². The van der Waals surface area contributed by atoms with Crippen LogP contribution in [-0.2, 0) is 14.3 Å². The zero-order chi connectivity index (χ0) is 12.5. The first-order valence-corrected chi connectivity index (χ1v) is 5.95. The number of hydrogen-bond acceptors (Lipinski definition) is 4. The van der Waals surface area contributed by atoms with Gasteiger partial charge >= 0.3 is 0 Å². The number of rotatable bonds is 1. The van der Waals surface area contributed by atoms with Gasteiger partial charge in [-0.1, -0.05) is 0 Å². The number of amides is 2. The molecule has 0 bridgehead atoms. The molecule has 0 aromatic heterocycles. The van der Waals surface area contributed by atoms with Crippen molar-refractivity contribution in [3.05, 3.63) is 0 Å². The number of carbonyl (C=O) groups excluding carboxylic acids is 2. The molecule has 2 fully saturated rings. The largest absolute Gasteiger partial charge is 0.366 e. The summed E-state index contributed by atoms with van der Waals surface area (Å²) in [5.74, 6) is -0.210. The molecule has 2 heterocycles. The van der Waals surface area contributed by atoms with Crippen LogP contribution in [0.5, 0.6) is 0 Å². The van der Waals surface area contributed by atoms with Crippen LogP contribution in [0, 0.1) is 0 Å². The Hall–Kier alpha value is -1.14. The lowest BCUT2D eigenvalue weighted by Crippen LogP contribution is -2.66. The summed E-state index contributed by atoms with van der Waals surface area (Å²) in [6.07, 6.45) is -0.464. The third-order valence-electron chi connectivity index (χ3n) is 3.32. The molecule has 1 atom stereocenters. The smallest absolute Gasteiger partial charge is 0.253 e. The molecule has 0 radical (unpaired) electrons. The Bertz CT molecular complexity index is 324. The first-order chi connectivity index (χ1) is 8.03. The van der Waals surface area contributed by atoms with Gasteiger partial charge < -0.3 is 20.3 Å². The maximum absolute atomic E-state index is 12.3. The summed E-state index contributed by atoms with van der Waals surface area (Å²) < 4.78 is 5.44. The first kappa shape index (κ1) is 12.3. The average molecular weight is 241 g/mol.